The third-order valence-corrected chi connectivity index (χ3v) is 8.47. The van der Waals surface area contributed by atoms with Crippen LogP contribution in [0.5, 0.6) is 0 Å². The summed E-state index contributed by atoms with van der Waals surface area (Å²) >= 11 is 0. The standard InChI is InChI=1S/C26H22BF2P2/c1-18(19-12-14-23(28)24(29)16-19)27-20-13-15-26(25(30)17-20)31(21-8-4-2-5-9-21)22-10-6-3-7-11-22/h2-18H,30H2,1H3. The molecule has 0 aliphatic carbocycles. The Bertz CT molecular complexity index is 1130. The van der Waals surface area contributed by atoms with E-state index in [1.54, 1.807) is 6.07 Å². The molecule has 5 heteroatoms. The van der Waals surface area contributed by atoms with Crippen molar-refractivity contribution in [1.29, 1.82) is 0 Å². The predicted octanol–water partition coefficient (Wildman–Crippen LogP) is 4.31. The molecule has 2 atom stereocenters. The minimum atomic E-state index is -0.817. The second-order valence-electron chi connectivity index (χ2n) is 7.45. The summed E-state index contributed by atoms with van der Waals surface area (Å²) in [6, 6.07) is 31.7. The zero-order valence-corrected chi connectivity index (χ0v) is 19.2. The average molecular weight is 445 g/mol. The maximum atomic E-state index is 13.6. The van der Waals surface area contributed by atoms with Gasteiger partial charge in [0.25, 0.3) is 0 Å². The van der Waals surface area contributed by atoms with Gasteiger partial charge in [0.1, 0.15) is 0 Å². The lowest BCUT2D eigenvalue weighted by atomic mass is 9.58. The second-order valence-corrected chi connectivity index (χ2v) is 10.3. The molecular weight excluding hydrogens is 423 g/mol. The van der Waals surface area contributed by atoms with Crippen LogP contribution < -0.4 is 26.7 Å². The quantitative estimate of drug-likeness (QED) is 0.307. The zero-order chi connectivity index (χ0) is 21.8. The molecule has 153 valence electrons. The molecular formula is C26H22BF2P2. The van der Waals surface area contributed by atoms with E-state index in [1.807, 2.05) is 19.1 Å². The van der Waals surface area contributed by atoms with Crippen LogP contribution in [0.2, 0.25) is 0 Å². The van der Waals surface area contributed by atoms with Crippen molar-refractivity contribution in [2.24, 2.45) is 0 Å². The van der Waals surface area contributed by atoms with Crippen molar-refractivity contribution in [3.63, 3.8) is 0 Å². The molecule has 0 N–H and O–H groups in total. The monoisotopic (exact) mass is 445 g/mol. The van der Waals surface area contributed by atoms with E-state index in [9.17, 15) is 8.78 Å². The van der Waals surface area contributed by atoms with Gasteiger partial charge in [-0.15, -0.1) is 9.24 Å². The van der Waals surface area contributed by atoms with E-state index in [0.29, 0.717) is 0 Å². The van der Waals surface area contributed by atoms with Crippen LogP contribution in [0.1, 0.15) is 18.3 Å². The van der Waals surface area contributed by atoms with Gasteiger partial charge in [-0.25, -0.2) is 8.78 Å². The Morgan fingerprint density at radius 3 is 1.90 bits per heavy atom. The van der Waals surface area contributed by atoms with Crippen molar-refractivity contribution in [2.45, 2.75) is 12.7 Å². The van der Waals surface area contributed by atoms with Crippen molar-refractivity contribution in [1.82, 2.24) is 0 Å². The Balaban J connectivity index is 1.64. The lowest BCUT2D eigenvalue weighted by Crippen LogP contribution is -2.32. The predicted molar refractivity (Wildman–Crippen MR) is 135 cm³/mol. The van der Waals surface area contributed by atoms with Gasteiger partial charge < -0.3 is 0 Å². The fourth-order valence-corrected chi connectivity index (χ4v) is 6.66. The molecule has 4 rings (SSSR count). The lowest BCUT2D eigenvalue weighted by Gasteiger charge is -2.22. The van der Waals surface area contributed by atoms with Gasteiger partial charge in [-0.05, 0) is 52.7 Å². The van der Waals surface area contributed by atoms with Crippen LogP contribution in [0.25, 0.3) is 0 Å². The molecule has 0 amide bonds. The molecule has 0 spiro atoms. The first-order valence-corrected chi connectivity index (χ1v) is 12.0. The normalized spacial score (nSPS) is 12.0. The van der Waals surface area contributed by atoms with Gasteiger partial charge in [0.15, 0.2) is 18.9 Å². The van der Waals surface area contributed by atoms with Crippen LogP contribution in [0.15, 0.2) is 97.1 Å². The van der Waals surface area contributed by atoms with Crippen LogP contribution in [0.4, 0.5) is 8.78 Å². The van der Waals surface area contributed by atoms with Crippen molar-refractivity contribution < 1.29 is 8.78 Å². The topological polar surface area (TPSA) is 0 Å². The highest BCUT2D eigenvalue weighted by Gasteiger charge is 2.19. The van der Waals surface area contributed by atoms with Crippen LogP contribution in [0, 0.1) is 11.6 Å². The largest absolute Gasteiger partial charge is 0.204 e. The van der Waals surface area contributed by atoms with Crippen LogP contribution >= 0.6 is 17.2 Å². The summed E-state index contributed by atoms with van der Waals surface area (Å²) < 4.78 is 26.9. The van der Waals surface area contributed by atoms with E-state index in [1.165, 1.54) is 28.0 Å². The van der Waals surface area contributed by atoms with Gasteiger partial charge in [0.05, 0.1) is 0 Å². The molecule has 4 aromatic rings. The fraction of sp³-hybridized carbons (Fsp3) is 0.0769. The Labute approximate surface area is 186 Å². The van der Waals surface area contributed by atoms with E-state index < -0.39 is 19.6 Å². The molecule has 1 radical (unpaired) electrons. The van der Waals surface area contributed by atoms with E-state index in [4.69, 9.17) is 0 Å². The number of rotatable bonds is 6. The number of hydrogen-bond donors (Lipinski definition) is 0. The first-order chi connectivity index (χ1) is 15.0. The summed E-state index contributed by atoms with van der Waals surface area (Å²) in [6.07, 6.45) is 0. The summed E-state index contributed by atoms with van der Waals surface area (Å²) in [7, 11) is 4.28. The molecule has 0 aromatic heterocycles. The highest BCUT2D eigenvalue weighted by molar-refractivity contribution is 7.80. The van der Waals surface area contributed by atoms with Gasteiger partial charge in [-0.2, -0.15) is 0 Å². The van der Waals surface area contributed by atoms with E-state index in [0.717, 1.165) is 16.3 Å². The van der Waals surface area contributed by atoms with E-state index in [2.05, 4.69) is 83.2 Å². The van der Waals surface area contributed by atoms with Crippen LogP contribution in [0.3, 0.4) is 0 Å². The number of hydrogen-bond acceptors (Lipinski definition) is 0. The minimum Gasteiger partial charge on any atom is -0.204 e. The van der Waals surface area contributed by atoms with Gasteiger partial charge in [-0.3, -0.25) is 0 Å². The fourth-order valence-electron chi connectivity index (χ4n) is 3.64. The van der Waals surface area contributed by atoms with Gasteiger partial charge >= 0.3 is 0 Å². The van der Waals surface area contributed by atoms with E-state index in [-0.39, 0.29) is 5.82 Å². The SMILES string of the molecule is CC([B]c1ccc(P(c2ccccc2)c2ccccc2)c(P)c1)c1ccc(F)c(F)c1. The molecule has 0 saturated heterocycles. The van der Waals surface area contributed by atoms with Crippen molar-refractivity contribution >= 4 is 51.1 Å². The first kappa shape index (κ1) is 21.9. The van der Waals surface area contributed by atoms with Crippen LogP contribution in [-0.2, 0) is 0 Å². The maximum Gasteiger partial charge on any atom is 0.160 e. The van der Waals surface area contributed by atoms with E-state index >= 15 is 0 Å². The highest BCUT2D eigenvalue weighted by Crippen LogP contribution is 2.32. The smallest absolute Gasteiger partial charge is 0.160 e. The molecule has 4 aromatic carbocycles. The molecule has 0 fully saturated rings. The summed E-state index contributed by atoms with van der Waals surface area (Å²) in [5, 5.41) is 5.04. The van der Waals surface area contributed by atoms with Crippen molar-refractivity contribution in [2.75, 3.05) is 0 Å². The first-order valence-electron chi connectivity index (χ1n) is 10.1. The zero-order valence-electron chi connectivity index (χ0n) is 17.2. The molecule has 0 bridgehead atoms. The Kier molecular flexibility index (Phi) is 6.96. The second kappa shape index (κ2) is 9.86. The minimum absolute atomic E-state index is 0.0323. The Morgan fingerprint density at radius 2 is 1.35 bits per heavy atom. The Morgan fingerprint density at radius 1 is 0.742 bits per heavy atom. The summed E-state index contributed by atoms with van der Waals surface area (Å²) in [5.41, 5.74) is 1.81. The Hall–Kier alpha value is -2.34. The average Bonchev–Trinajstić information content (AvgIpc) is 2.79. The summed E-state index contributed by atoms with van der Waals surface area (Å²) in [6.45, 7) is 1.99. The molecule has 2 unspecified atom stereocenters. The summed E-state index contributed by atoms with van der Waals surface area (Å²) in [5.74, 6) is -1.66. The molecule has 31 heavy (non-hydrogen) atoms. The van der Waals surface area contributed by atoms with Crippen molar-refractivity contribution in [3.8, 4) is 0 Å². The molecule has 0 aliphatic rings. The molecule has 0 saturated carbocycles. The number of halogens is 2. The van der Waals surface area contributed by atoms with Crippen LogP contribution in [-0.4, -0.2) is 7.28 Å². The molecule has 0 aliphatic heterocycles. The molecule has 0 nitrogen and oxygen atoms in total. The third-order valence-electron chi connectivity index (χ3n) is 5.23. The number of benzene rings is 4. The maximum absolute atomic E-state index is 13.6. The highest BCUT2D eigenvalue weighted by atomic mass is 31.1. The van der Waals surface area contributed by atoms with Gasteiger partial charge in [-0.1, -0.05) is 97.3 Å². The van der Waals surface area contributed by atoms with Crippen molar-refractivity contribution in [3.05, 3.63) is 114 Å². The summed E-state index contributed by atoms with van der Waals surface area (Å²) in [4.78, 5) is 0. The lowest BCUT2D eigenvalue weighted by molar-refractivity contribution is 0.507. The van der Waals surface area contributed by atoms with Gasteiger partial charge in [0, 0.05) is 0 Å². The molecule has 0 heterocycles. The van der Waals surface area contributed by atoms with Gasteiger partial charge in [0.2, 0.25) is 0 Å². The third kappa shape index (κ3) is 5.12.